The highest BCUT2D eigenvalue weighted by atomic mass is 32.2. The van der Waals surface area contributed by atoms with Gasteiger partial charge in [0.1, 0.15) is 6.04 Å². The molecule has 0 spiro atoms. The topological polar surface area (TPSA) is 165 Å². The van der Waals surface area contributed by atoms with E-state index in [1.54, 1.807) is 0 Å². The van der Waals surface area contributed by atoms with E-state index >= 15 is 0 Å². The normalized spacial score (nSPS) is 14.2. The molecule has 0 bridgehead atoms. The summed E-state index contributed by atoms with van der Waals surface area (Å²) in [4.78, 5) is 19.6. The molecule has 0 saturated carbocycles. The Hall–Kier alpha value is -2.58. The summed E-state index contributed by atoms with van der Waals surface area (Å²) in [5.74, 6) is -3.37. The summed E-state index contributed by atoms with van der Waals surface area (Å²) < 4.78 is 67.8. The first-order valence-electron chi connectivity index (χ1n) is 6.53. The number of carboxylic acid groups (broad SMARTS) is 2. The molecule has 1 aliphatic rings. The Bertz CT molecular complexity index is 781. The molecule has 14 heteroatoms. The van der Waals surface area contributed by atoms with Gasteiger partial charge in [0, 0.05) is 12.6 Å². The van der Waals surface area contributed by atoms with Gasteiger partial charge in [-0.15, -0.1) is 0 Å². The second-order valence-electron chi connectivity index (χ2n) is 4.57. The van der Waals surface area contributed by atoms with Gasteiger partial charge in [0.25, 0.3) is 0 Å². The van der Waals surface area contributed by atoms with Gasteiger partial charge < -0.3 is 25.4 Å². The number of nitrogens with one attached hydrogen (secondary N) is 1. The Morgan fingerprint density at radius 2 is 1.77 bits per heavy atom. The highest BCUT2D eigenvalue weighted by Gasteiger charge is 2.38. The summed E-state index contributed by atoms with van der Waals surface area (Å²) in [6, 6.07) is 2.62. The number of sulfonamides is 1. The molecule has 1 atom stereocenters. The fraction of sp³-hybridized carbons (Fsp3) is 0.333. The van der Waals surface area contributed by atoms with Gasteiger partial charge in [0.2, 0.25) is 16.8 Å². The number of benzene rings is 1. The number of hydrogen-bond acceptors (Lipinski definition) is 7. The number of halogens is 3. The summed E-state index contributed by atoms with van der Waals surface area (Å²) in [5, 5.41) is 15.9. The highest BCUT2D eigenvalue weighted by Crippen LogP contribution is 2.33. The van der Waals surface area contributed by atoms with E-state index in [-0.39, 0.29) is 18.2 Å². The van der Waals surface area contributed by atoms with Crippen LogP contribution in [0, 0.1) is 0 Å². The van der Waals surface area contributed by atoms with Crippen LogP contribution in [-0.4, -0.2) is 56.1 Å². The molecule has 26 heavy (non-hydrogen) atoms. The predicted octanol–water partition coefficient (Wildman–Crippen LogP) is -0.261. The Morgan fingerprint density at radius 1 is 1.23 bits per heavy atom. The number of aliphatic carboxylic acids is 2. The van der Waals surface area contributed by atoms with E-state index in [0.717, 1.165) is 0 Å². The van der Waals surface area contributed by atoms with E-state index in [9.17, 15) is 26.4 Å². The van der Waals surface area contributed by atoms with E-state index in [1.807, 2.05) is 4.72 Å². The monoisotopic (exact) mass is 402 g/mol. The molecular formula is C12H13F3N2O8S. The van der Waals surface area contributed by atoms with Crippen molar-refractivity contribution in [2.75, 3.05) is 13.3 Å². The first-order valence-corrected chi connectivity index (χ1v) is 8.01. The Morgan fingerprint density at radius 3 is 2.23 bits per heavy atom. The van der Waals surface area contributed by atoms with Gasteiger partial charge in [-0.05, 0) is 12.1 Å². The molecule has 0 unspecified atom stereocenters. The quantitative estimate of drug-likeness (QED) is 0.519. The molecule has 1 aliphatic heterocycles. The molecule has 1 heterocycles. The van der Waals surface area contributed by atoms with Crippen LogP contribution in [-0.2, 0) is 19.6 Å². The van der Waals surface area contributed by atoms with Crippen LogP contribution < -0.4 is 19.9 Å². The first kappa shape index (κ1) is 21.5. The van der Waals surface area contributed by atoms with Crippen molar-refractivity contribution in [1.29, 1.82) is 0 Å². The molecule has 0 aromatic heterocycles. The first-order chi connectivity index (χ1) is 11.9. The van der Waals surface area contributed by atoms with E-state index < -0.39 is 34.2 Å². The Kier molecular flexibility index (Phi) is 6.77. The largest absolute Gasteiger partial charge is 0.490 e. The van der Waals surface area contributed by atoms with Gasteiger partial charge in [0.05, 0.1) is 4.90 Å². The zero-order chi connectivity index (χ0) is 20.1. The SMILES string of the molecule is NC[C@H](NS(=O)(=O)c1ccc2c(c1)OCO2)C(=O)O.O=C(O)C(F)(F)F. The second kappa shape index (κ2) is 8.20. The summed E-state index contributed by atoms with van der Waals surface area (Å²) in [6.07, 6.45) is -5.08. The average Bonchev–Trinajstić information content (AvgIpc) is 2.99. The predicted molar refractivity (Wildman–Crippen MR) is 77.1 cm³/mol. The van der Waals surface area contributed by atoms with Gasteiger partial charge >= 0.3 is 18.1 Å². The van der Waals surface area contributed by atoms with Gasteiger partial charge in [-0.3, -0.25) is 4.79 Å². The molecular weight excluding hydrogens is 389 g/mol. The van der Waals surface area contributed by atoms with E-state index in [4.69, 9.17) is 30.2 Å². The zero-order valence-electron chi connectivity index (χ0n) is 12.7. The van der Waals surface area contributed by atoms with Crippen molar-refractivity contribution < 1.29 is 50.9 Å². The molecule has 0 aliphatic carbocycles. The van der Waals surface area contributed by atoms with Crippen LogP contribution in [0.5, 0.6) is 11.5 Å². The molecule has 5 N–H and O–H groups in total. The van der Waals surface area contributed by atoms with E-state index in [0.29, 0.717) is 11.5 Å². The van der Waals surface area contributed by atoms with E-state index in [1.165, 1.54) is 18.2 Å². The lowest BCUT2D eigenvalue weighted by Crippen LogP contribution is -2.45. The fourth-order valence-electron chi connectivity index (χ4n) is 1.50. The molecule has 0 amide bonds. The molecule has 2 rings (SSSR count). The third-order valence-corrected chi connectivity index (χ3v) is 4.20. The lowest BCUT2D eigenvalue weighted by Gasteiger charge is -2.12. The third-order valence-electron chi connectivity index (χ3n) is 2.73. The van der Waals surface area contributed by atoms with Crippen LogP contribution in [0.4, 0.5) is 13.2 Å². The number of rotatable bonds is 5. The maximum absolute atomic E-state index is 12.0. The summed E-state index contributed by atoms with van der Waals surface area (Å²) >= 11 is 0. The molecule has 0 radical (unpaired) electrons. The minimum absolute atomic E-state index is 0.0206. The number of carbonyl (C=O) groups is 2. The molecule has 0 saturated heterocycles. The van der Waals surface area contributed by atoms with Crippen LogP contribution in [0.3, 0.4) is 0 Å². The van der Waals surface area contributed by atoms with Crippen molar-refractivity contribution >= 4 is 22.0 Å². The minimum atomic E-state index is -5.08. The average molecular weight is 402 g/mol. The molecule has 0 fully saturated rings. The number of nitrogens with two attached hydrogens (primary N) is 1. The molecule has 1 aromatic carbocycles. The number of fused-ring (bicyclic) bond motifs is 1. The molecule has 1 aromatic rings. The highest BCUT2D eigenvalue weighted by molar-refractivity contribution is 7.89. The smallest absolute Gasteiger partial charge is 0.480 e. The lowest BCUT2D eigenvalue weighted by molar-refractivity contribution is -0.192. The summed E-state index contributed by atoms with van der Waals surface area (Å²) in [5.41, 5.74) is 5.20. The van der Waals surface area contributed by atoms with Crippen LogP contribution in [0.25, 0.3) is 0 Å². The van der Waals surface area contributed by atoms with Crippen molar-refractivity contribution in [2.24, 2.45) is 5.73 Å². The van der Waals surface area contributed by atoms with Crippen molar-refractivity contribution in [3.8, 4) is 11.5 Å². The number of alkyl halides is 3. The van der Waals surface area contributed by atoms with Gasteiger partial charge in [-0.1, -0.05) is 0 Å². The second-order valence-corrected chi connectivity index (χ2v) is 6.28. The summed E-state index contributed by atoms with van der Waals surface area (Å²) in [7, 11) is -3.98. The van der Waals surface area contributed by atoms with Crippen molar-refractivity contribution in [1.82, 2.24) is 4.72 Å². The standard InChI is InChI=1S/C10H12N2O6S.C2HF3O2/c11-4-7(10(13)14)12-19(15,16)6-1-2-8-9(3-6)18-5-17-8;3-2(4,5)1(6)7/h1-3,7,12H,4-5,11H2,(H,13,14);(H,6,7)/t7-;/m0./s1. The Balaban J connectivity index is 0.000000412. The van der Waals surface area contributed by atoms with Crippen LogP contribution in [0.15, 0.2) is 23.1 Å². The van der Waals surface area contributed by atoms with Gasteiger partial charge in [-0.2, -0.15) is 17.9 Å². The molecule has 146 valence electrons. The minimum Gasteiger partial charge on any atom is -0.480 e. The van der Waals surface area contributed by atoms with Crippen molar-refractivity contribution in [3.63, 3.8) is 0 Å². The summed E-state index contributed by atoms with van der Waals surface area (Å²) in [6.45, 7) is -0.327. The lowest BCUT2D eigenvalue weighted by atomic mass is 10.3. The van der Waals surface area contributed by atoms with Crippen molar-refractivity contribution in [2.45, 2.75) is 17.1 Å². The van der Waals surface area contributed by atoms with Crippen LogP contribution >= 0.6 is 0 Å². The van der Waals surface area contributed by atoms with Gasteiger partial charge in [-0.25, -0.2) is 13.2 Å². The maximum atomic E-state index is 12.0. The number of hydrogen-bond donors (Lipinski definition) is 4. The third kappa shape index (κ3) is 5.75. The fourth-order valence-corrected chi connectivity index (χ4v) is 2.72. The van der Waals surface area contributed by atoms with Gasteiger partial charge in [0.15, 0.2) is 11.5 Å². The maximum Gasteiger partial charge on any atom is 0.490 e. The van der Waals surface area contributed by atoms with E-state index in [2.05, 4.69) is 0 Å². The zero-order valence-corrected chi connectivity index (χ0v) is 13.5. The van der Waals surface area contributed by atoms with Crippen LogP contribution in [0.1, 0.15) is 0 Å². The number of carboxylic acids is 2. The Labute approximate surface area is 144 Å². The number of ether oxygens (including phenoxy) is 2. The molecule has 10 nitrogen and oxygen atoms in total. The van der Waals surface area contributed by atoms with Crippen LogP contribution in [0.2, 0.25) is 0 Å². The van der Waals surface area contributed by atoms with Crippen molar-refractivity contribution in [3.05, 3.63) is 18.2 Å².